The number of hydrogen-bond acceptors (Lipinski definition) is 3. The van der Waals surface area contributed by atoms with Crippen LogP contribution in [0.5, 0.6) is 0 Å². The van der Waals surface area contributed by atoms with Gasteiger partial charge in [0.25, 0.3) is 0 Å². The molecule has 1 amide bonds. The van der Waals surface area contributed by atoms with E-state index in [9.17, 15) is 9.18 Å². The van der Waals surface area contributed by atoms with Crippen molar-refractivity contribution in [2.45, 2.75) is 37.6 Å². The van der Waals surface area contributed by atoms with Gasteiger partial charge in [-0.15, -0.1) is 24.2 Å². The van der Waals surface area contributed by atoms with Gasteiger partial charge < -0.3 is 10.6 Å². The van der Waals surface area contributed by atoms with Crippen LogP contribution >= 0.6 is 24.2 Å². The minimum atomic E-state index is -0.230. The van der Waals surface area contributed by atoms with E-state index in [2.05, 4.69) is 13.8 Å². The van der Waals surface area contributed by atoms with E-state index in [0.29, 0.717) is 29.5 Å². The molecular weight excluding hydrogens is 323 g/mol. The number of benzene rings is 1. The molecule has 0 aliphatic rings. The molecule has 1 rings (SSSR count). The van der Waals surface area contributed by atoms with Crippen LogP contribution in [0.2, 0.25) is 0 Å². The topological polar surface area (TPSA) is 46.3 Å². The zero-order valence-corrected chi connectivity index (χ0v) is 15.1. The van der Waals surface area contributed by atoms with E-state index in [1.807, 2.05) is 0 Å². The van der Waals surface area contributed by atoms with E-state index in [1.54, 1.807) is 30.1 Å². The lowest BCUT2D eigenvalue weighted by Crippen LogP contribution is -2.34. The molecule has 0 fully saturated rings. The van der Waals surface area contributed by atoms with Crippen molar-refractivity contribution in [1.82, 2.24) is 4.90 Å². The van der Waals surface area contributed by atoms with Crippen molar-refractivity contribution in [3.8, 4) is 0 Å². The summed E-state index contributed by atoms with van der Waals surface area (Å²) in [6, 6.07) is 6.75. The lowest BCUT2D eigenvalue weighted by atomic mass is 10.0. The highest BCUT2D eigenvalue weighted by Gasteiger charge is 2.13. The van der Waals surface area contributed by atoms with Crippen molar-refractivity contribution in [1.29, 1.82) is 0 Å². The number of carbonyl (C=O) groups excluding carboxylic acids is 1. The third-order valence-electron chi connectivity index (χ3n) is 3.49. The van der Waals surface area contributed by atoms with Crippen LogP contribution in [0.25, 0.3) is 0 Å². The van der Waals surface area contributed by atoms with Crippen LogP contribution in [-0.2, 0) is 4.79 Å². The number of thioether (sulfide) groups is 1. The Morgan fingerprint density at radius 2 is 2.00 bits per heavy atom. The lowest BCUT2D eigenvalue weighted by Gasteiger charge is -2.21. The molecular formula is C16H26ClFN2OS. The molecule has 0 heterocycles. The Hall–Kier alpha value is -0.780. The van der Waals surface area contributed by atoms with E-state index in [4.69, 9.17) is 5.73 Å². The smallest absolute Gasteiger partial charge is 0.223 e. The van der Waals surface area contributed by atoms with Gasteiger partial charge in [0.15, 0.2) is 0 Å². The zero-order chi connectivity index (χ0) is 15.8. The summed E-state index contributed by atoms with van der Waals surface area (Å²) in [5.74, 6) is 0.853. The maximum atomic E-state index is 13.4. The van der Waals surface area contributed by atoms with Crippen LogP contribution in [-0.4, -0.2) is 36.2 Å². The van der Waals surface area contributed by atoms with Crippen molar-refractivity contribution in [2.24, 2.45) is 11.7 Å². The summed E-state index contributed by atoms with van der Waals surface area (Å²) >= 11 is 1.37. The Labute approximate surface area is 143 Å². The first-order valence-corrected chi connectivity index (χ1v) is 8.27. The molecule has 1 unspecified atom stereocenters. The Bertz CT molecular complexity index is 460. The van der Waals surface area contributed by atoms with Gasteiger partial charge in [-0.1, -0.05) is 26.0 Å². The molecule has 0 radical (unpaired) electrons. The number of halogens is 2. The van der Waals surface area contributed by atoms with Gasteiger partial charge in [0.1, 0.15) is 5.82 Å². The third kappa shape index (κ3) is 7.47. The van der Waals surface area contributed by atoms with E-state index >= 15 is 0 Å². The van der Waals surface area contributed by atoms with Crippen LogP contribution in [0.1, 0.15) is 26.7 Å². The van der Waals surface area contributed by atoms with E-state index in [0.717, 1.165) is 6.42 Å². The maximum absolute atomic E-state index is 13.4. The summed E-state index contributed by atoms with van der Waals surface area (Å²) in [7, 11) is 1.79. The summed E-state index contributed by atoms with van der Waals surface area (Å²) < 4.78 is 13.4. The second-order valence-corrected chi connectivity index (χ2v) is 6.68. The highest BCUT2D eigenvalue weighted by atomic mass is 35.5. The Morgan fingerprint density at radius 3 is 2.59 bits per heavy atom. The van der Waals surface area contributed by atoms with Crippen molar-refractivity contribution in [2.75, 3.05) is 19.3 Å². The first-order valence-electron chi connectivity index (χ1n) is 7.28. The van der Waals surface area contributed by atoms with E-state index < -0.39 is 0 Å². The van der Waals surface area contributed by atoms with E-state index in [-0.39, 0.29) is 30.2 Å². The minimum absolute atomic E-state index is 0. The lowest BCUT2D eigenvalue weighted by molar-refractivity contribution is -0.129. The molecule has 0 aliphatic heterocycles. The summed E-state index contributed by atoms with van der Waals surface area (Å²) in [5, 5.41) is 0. The quantitative estimate of drug-likeness (QED) is 0.730. The molecule has 0 saturated carbocycles. The molecule has 0 saturated heterocycles. The molecule has 0 aliphatic carbocycles. The summed E-state index contributed by atoms with van der Waals surface area (Å²) in [5.41, 5.74) is 5.97. The molecule has 3 nitrogen and oxygen atoms in total. The summed E-state index contributed by atoms with van der Waals surface area (Å²) in [6.07, 6.45) is 1.22. The zero-order valence-electron chi connectivity index (χ0n) is 13.4. The molecule has 22 heavy (non-hydrogen) atoms. The van der Waals surface area contributed by atoms with E-state index in [1.165, 1.54) is 17.8 Å². The van der Waals surface area contributed by atoms with Crippen molar-refractivity contribution in [3.05, 3.63) is 30.1 Å². The molecule has 0 spiro atoms. The first kappa shape index (κ1) is 21.2. The molecule has 1 atom stereocenters. The summed E-state index contributed by atoms with van der Waals surface area (Å²) in [4.78, 5) is 14.3. The predicted octanol–water partition coefficient (Wildman–Crippen LogP) is 3.56. The second-order valence-electron chi connectivity index (χ2n) is 5.54. The summed E-state index contributed by atoms with van der Waals surface area (Å²) in [6.45, 7) is 4.83. The number of nitrogens with two attached hydrogens (primary N) is 1. The fourth-order valence-corrected chi connectivity index (χ4v) is 2.68. The van der Waals surface area contributed by atoms with Gasteiger partial charge in [0, 0.05) is 36.7 Å². The third-order valence-corrected chi connectivity index (χ3v) is 4.54. The van der Waals surface area contributed by atoms with Gasteiger partial charge in [-0.3, -0.25) is 4.79 Å². The van der Waals surface area contributed by atoms with Crippen molar-refractivity contribution < 1.29 is 9.18 Å². The first-order chi connectivity index (χ1) is 9.91. The maximum Gasteiger partial charge on any atom is 0.223 e. The van der Waals surface area contributed by atoms with Crippen LogP contribution in [0.15, 0.2) is 29.2 Å². The number of hydrogen-bond donors (Lipinski definition) is 1. The number of carbonyl (C=O) groups is 1. The minimum Gasteiger partial charge on any atom is -0.346 e. The Morgan fingerprint density at radius 1 is 1.36 bits per heavy atom. The monoisotopic (exact) mass is 348 g/mol. The normalized spacial score (nSPS) is 11.9. The molecule has 6 heteroatoms. The van der Waals surface area contributed by atoms with Gasteiger partial charge in [0.05, 0.1) is 0 Å². The highest BCUT2D eigenvalue weighted by Crippen LogP contribution is 2.21. The van der Waals surface area contributed by atoms with Gasteiger partial charge in [-0.25, -0.2) is 4.39 Å². The molecule has 1 aromatic rings. The average Bonchev–Trinajstić information content (AvgIpc) is 2.46. The van der Waals surface area contributed by atoms with Crippen LogP contribution in [0.3, 0.4) is 0 Å². The van der Waals surface area contributed by atoms with Gasteiger partial charge in [-0.2, -0.15) is 0 Å². The predicted molar refractivity (Wildman–Crippen MR) is 94.1 cm³/mol. The molecule has 0 bridgehead atoms. The fraction of sp³-hybridized carbons (Fsp3) is 0.562. The average molecular weight is 349 g/mol. The van der Waals surface area contributed by atoms with Crippen LogP contribution < -0.4 is 5.73 Å². The number of nitrogens with zero attached hydrogens (tertiary/aromatic N) is 1. The highest BCUT2D eigenvalue weighted by molar-refractivity contribution is 7.99. The molecule has 126 valence electrons. The van der Waals surface area contributed by atoms with Gasteiger partial charge in [-0.05, 0) is 24.5 Å². The Kier molecular flexibility index (Phi) is 10.5. The molecule has 0 aromatic heterocycles. The van der Waals surface area contributed by atoms with Crippen molar-refractivity contribution in [3.63, 3.8) is 0 Å². The fourth-order valence-electron chi connectivity index (χ4n) is 1.80. The number of rotatable bonds is 8. The van der Waals surface area contributed by atoms with Gasteiger partial charge in [0.2, 0.25) is 5.91 Å². The van der Waals surface area contributed by atoms with Crippen LogP contribution in [0.4, 0.5) is 4.39 Å². The molecule has 1 aromatic carbocycles. The van der Waals surface area contributed by atoms with Crippen LogP contribution in [0, 0.1) is 11.7 Å². The standard InChI is InChI=1S/C16H25FN2OS.ClH/c1-12(2)14(18)8-10-19(3)16(20)9-11-21-15-7-5-4-6-13(15)17;/h4-7,12,14H,8-11,18H2,1-3H3;1H. The Balaban J connectivity index is 0.00000441. The second kappa shape index (κ2) is 10.9. The van der Waals surface area contributed by atoms with Crippen molar-refractivity contribution >= 4 is 30.1 Å². The number of amides is 1. The largest absolute Gasteiger partial charge is 0.346 e. The SMILES string of the molecule is CC(C)C(N)CCN(C)C(=O)CCSc1ccccc1F.Cl. The van der Waals surface area contributed by atoms with Gasteiger partial charge >= 0.3 is 0 Å². The molecule has 2 N–H and O–H groups in total.